The highest BCUT2D eigenvalue weighted by molar-refractivity contribution is 7.89. The van der Waals surface area contributed by atoms with Crippen LogP contribution in [-0.4, -0.2) is 62.7 Å². The van der Waals surface area contributed by atoms with Crippen LogP contribution in [0.15, 0.2) is 23.1 Å². The number of hydrogen-bond acceptors (Lipinski definition) is 4. The van der Waals surface area contributed by atoms with Crippen molar-refractivity contribution in [3.8, 4) is 0 Å². The highest BCUT2D eigenvalue weighted by Crippen LogP contribution is 2.32. The Balaban J connectivity index is 1.72. The molecule has 0 saturated carbocycles. The van der Waals surface area contributed by atoms with E-state index >= 15 is 0 Å². The summed E-state index contributed by atoms with van der Waals surface area (Å²) in [5, 5.41) is 0. The molecule has 2 aliphatic heterocycles. The van der Waals surface area contributed by atoms with Crippen molar-refractivity contribution in [2.75, 3.05) is 38.1 Å². The van der Waals surface area contributed by atoms with E-state index in [1.54, 1.807) is 30.1 Å². The van der Waals surface area contributed by atoms with Crippen LogP contribution in [0, 0.1) is 5.92 Å². The van der Waals surface area contributed by atoms with Crippen molar-refractivity contribution < 1.29 is 18.0 Å². The minimum atomic E-state index is -3.62. The van der Waals surface area contributed by atoms with Gasteiger partial charge in [0.1, 0.15) is 0 Å². The summed E-state index contributed by atoms with van der Waals surface area (Å²) in [5.74, 6) is -0.0194. The number of fused-ring (bicyclic) bond motifs is 1. The monoisotopic (exact) mass is 393 g/mol. The third-order valence-electron chi connectivity index (χ3n) is 5.64. The molecule has 1 saturated heterocycles. The fourth-order valence-electron chi connectivity index (χ4n) is 3.89. The van der Waals surface area contributed by atoms with Gasteiger partial charge in [-0.25, -0.2) is 8.42 Å². The number of carbonyl (C=O) groups excluding carboxylic acids is 2. The van der Waals surface area contributed by atoms with Gasteiger partial charge in [0.15, 0.2) is 0 Å². The van der Waals surface area contributed by atoms with E-state index in [4.69, 9.17) is 0 Å². The zero-order valence-electron chi connectivity index (χ0n) is 16.1. The fourth-order valence-corrected chi connectivity index (χ4v) is 5.41. The summed E-state index contributed by atoms with van der Waals surface area (Å²) in [4.78, 5) is 27.9. The molecule has 1 aromatic rings. The van der Waals surface area contributed by atoms with Gasteiger partial charge in [0.25, 0.3) is 0 Å². The van der Waals surface area contributed by atoms with Crippen LogP contribution >= 0.6 is 0 Å². The molecule has 148 valence electrons. The summed E-state index contributed by atoms with van der Waals surface area (Å²) in [6.45, 7) is 5.95. The Morgan fingerprint density at radius 3 is 2.41 bits per heavy atom. The first-order valence-corrected chi connectivity index (χ1v) is 10.9. The van der Waals surface area contributed by atoms with Crippen LogP contribution in [0.1, 0.15) is 32.3 Å². The lowest BCUT2D eigenvalue weighted by atomic mass is 9.96. The standard InChI is InChI=1S/C19H27N3O4S/c1-4-21(5-2)19(24)14-8-10-22(11-9-14)27(25,26)16-6-7-17-15(12-16)13-18(23)20(17)3/h6-7,12,14H,4-5,8-11,13H2,1-3H3. The van der Waals surface area contributed by atoms with Gasteiger partial charge in [-0.15, -0.1) is 0 Å². The second kappa shape index (κ2) is 7.59. The summed E-state index contributed by atoms with van der Waals surface area (Å²) in [6.07, 6.45) is 1.32. The van der Waals surface area contributed by atoms with E-state index in [1.165, 1.54) is 4.31 Å². The molecule has 0 unspecified atom stereocenters. The molecular weight excluding hydrogens is 366 g/mol. The van der Waals surface area contributed by atoms with Gasteiger partial charge in [-0.3, -0.25) is 9.59 Å². The second-order valence-electron chi connectivity index (χ2n) is 7.11. The Hall–Kier alpha value is -1.93. The van der Waals surface area contributed by atoms with Crippen LogP contribution in [0.2, 0.25) is 0 Å². The van der Waals surface area contributed by atoms with Crippen molar-refractivity contribution in [1.29, 1.82) is 0 Å². The second-order valence-corrected chi connectivity index (χ2v) is 9.05. The van der Waals surface area contributed by atoms with E-state index in [9.17, 15) is 18.0 Å². The lowest BCUT2D eigenvalue weighted by Gasteiger charge is -2.33. The zero-order chi connectivity index (χ0) is 19.8. The molecule has 0 atom stereocenters. The number of benzene rings is 1. The maximum Gasteiger partial charge on any atom is 0.243 e. The average Bonchev–Trinajstić information content (AvgIpc) is 2.96. The van der Waals surface area contributed by atoms with E-state index in [2.05, 4.69) is 0 Å². The highest BCUT2D eigenvalue weighted by Gasteiger charge is 2.34. The average molecular weight is 394 g/mol. The number of anilines is 1. The molecule has 27 heavy (non-hydrogen) atoms. The van der Waals surface area contributed by atoms with Gasteiger partial charge in [0.2, 0.25) is 21.8 Å². The molecule has 8 heteroatoms. The Labute approximate surface area is 161 Å². The minimum Gasteiger partial charge on any atom is -0.343 e. The van der Waals surface area contributed by atoms with E-state index in [0.717, 1.165) is 11.3 Å². The molecule has 2 amide bonds. The van der Waals surface area contributed by atoms with Crippen LogP contribution in [0.25, 0.3) is 0 Å². The number of hydrogen-bond donors (Lipinski definition) is 0. The molecule has 1 fully saturated rings. The van der Waals surface area contributed by atoms with Gasteiger partial charge in [-0.05, 0) is 50.5 Å². The predicted octanol–water partition coefficient (Wildman–Crippen LogP) is 1.47. The maximum atomic E-state index is 13.0. The van der Waals surface area contributed by atoms with Crippen molar-refractivity contribution >= 4 is 27.5 Å². The number of likely N-dealkylation sites (N-methyl/N-ethyl adjacent to an activating group) is 1. The van der Waals surface area contributed by atoms with E-state index in [0.29, 0.717) is 39.0 Å². The maximum absolute atomic E-state index is 13.0. The van der Waals surface area contributed by atoms with Crippen LogP contribution in [-0.2, 0) is 26.0 Å². The largest absolute Gasteiger partial charge is 0.343 e. The molecule has 3 rings (SSSR count). The van der Waals surface area contributed by atoms with Crippen LogP contribution in [0.5, 0.6) is 0 Å². The van der Waals surface area contributed by atoms with Gasteiger partial charge >= 0.3 is 0 Å². The smallest absolute Gasteiger partial charge is 0.243 e. The molecule has 2 aliphatic rings. The van der Waals surface area contributed by atoms with Gasteiger partial charge in [-0.2, -0.15) is 4.31 Å². The first kappa shape index (κ1) is 19.8. The third-order valence-corrected chi connectivity index (χ3v) is 7.54. The summed E-state index contributed by atoms with van der Waals surface area (Å²) < 4.78 is 27.5. The predicted molar refractivity (Wildman–Crippen MR) is 103 cm³/mol. The number of nitrogens with zero attached hydrogens (tertiary/aromatic N) is 3. The highest BCUT2D eigenvalue weighted by atomic mass is 32.2. The molecule has 0 radical (unpaired) electrons. The summed E-state index contributed by atoms with van der Waals surface area (Å²) >= 11 is 0. The topological polar surface area (TPSA) is 78.0 Å². The Kier molecular flexibility index (Phi) is 5.58. The number of amides is 2. The normalized spacial score (nSPS) is 18.6. The molecule has 0 N–H and O–H groups in total. The number of sulfonamides is 1. The summed E-state index contributed by atoms with van der Waals surface area (Å²) in [6, 6.07) is 4.87. The van der Waals surface area contributed by atoms with Gasteiger partial charge < -0.3 is 9.80 Å². The Bertz CT molecular complexity index is 841. The van der Waals surface area contributed by atoms with Crippen LogP contribution in [0.4, 0.5) is 5.69 Å². The SMILES string of the molecule is CCN(CC)C(=O)C1CCN(S(=O)(=O)c2ccc3c(c2)CC(=O)N3C)CC1. The molecular formula is C19H27N3O4S. The minimum absolute atomic E-state index is 0.0322. The van der Waals surface area contributed by atoms with Crippen molar-refractivity contribution in [2.45, 2.75) is 38.0 Å². The third kappa shape index (κ3) is 3.60. The fraction of sp³-hybridized carbons (Fsp3) is 0.579. The number of piperidine rings is 1. The summed E-state index contributed by atoms with van der Waals surface area (Å²) in [5.41, 5.74) is 1.51. The van der Waals surface area contributed by atoms with E-state index in [-0.39, 0.29) is 29.0 Å². The molecule has 0 aliphatic carbocycles. The summed E-state index contributed by atoms with van der Waals surface area (Å²) in [7, 11) is -1.93. The van der Waals surface area contributed by atoms with Crippen molar-refractivity contribution in [3.63, 3.8) is 0 Å². The molecule has 0 spiro atoms. The molecule has 2 heterocycles. The lowest BCUT2D eigenvalue weighted by Crippen LogP contribution is -2.44. The Morgan fingerprint density at radius 1 is 1.19 bits per heavy atom. The number of rotatable bonds is 5. The first-order chi connectivity index (χ1) is 12.8. The molecule has 1 aromatic carbocycles. The van der Waals surface area contributed by atoms with Crippen LogP contribution in [0.3, 0.4) is 0 Å². The van der Waals surface area contributed by atoms with Gasteiger partial charge in [-0.1, -0.05) is 0 Å². The quantitative estimate of drug-likeness (QED) is 0.759. The van der Waals surface area contributed by atoms with Crippen molar-refractivity contribution in [3.05, 3.63) is 23.8 Å². The first-order valence-electron chi connectivity index (χ1n) is 9.48. The van der Waals surface area contributed by atoms with Crippen LogP contribution < -0.4 is 4.90 Å². The van der Waals surface area contributed by atoms with Gasteiger partial charge in [0, 0.05) is 44.8 Å². The molecule has 0 bridgehead atoms. The Morgan fingerprint density at radius 2 is 1.81 bits per heavy atom. The van der Waals surface area contributed by atoms with Crippen molar-refractivity contribution in [2.24, 2.45) is 5.92 Å². The van der Waals surface area contributed by atoms with Gasteiger partial charge in [0.05, 0.1) is 11.3 Å². The number of carbonyl (C=O) groups is 2. The zero-order valence-corrected chi connectivity index (χ0v) is 17.0. The van der Waals surface area contributed by atoms with Crippen molar-refractivity contribution in [1.82, 2.24) is 9.21 Å². The lowest BCUT2D eigenvalue weighted by molar-refractivity contribution is -0.136. The molecule has 0 aromatic heterocycles. The van der Waals surface area contributed by atoms with E-state index in [1.807, 2.05) is 18.7 Å². The van der Waals surface area contributed by atoms with E-state index < -0.39 is 10.0 Å². The molecule has 7 nitrogen and oxygen atoms in total.